The molecule has 0 saturated carbocycles. The highest BCUT2D eigenvalue weighted by atomic mass is 16.2. The van der Waals surface area contributed by atoms with Gasteiger partial charge in [0.1, 0.15) is 0 Å². The summed E-state index contributed by atoms with van der Waals surface area (Å²) < 4.78 is 0. The van der Waals surface area contributed by atoms with Crippen molar-refractivity contribution in [3.05, 3.63) is 0 Å². The number of likely N-dealkylation sites (tertiary alicyclic amines) is 1. The summed E-state index contributed by atoms with van der Waals surface area (Å²) in [5.74, 6) is -0.178. The summed E-state index contributed by atoms with van der Waals surface area (Å²) in [5.41, 5.74) is 0. The number of amides is 3. The van der Waals surface area contributed by atoms with Crippen molar-refractivity contribution in [3.8, 4) is 0 Å². The molecule has 0 aromatic heterocycles. The molecule has 3 amide bonds. The van der Waals surface area contributed by atoms with Crippen LogP contribution in [0.25, 0.3) is 0 Å². The van der Waals surface area contributed by atoms with Gasteiger partial charge in [-0.25, -0.2) is 4.79 Å². The smallest absolute Gasteiger partial charge is 0.321 e. The van der Waals surface area contributed by atoms with Crippen LogP contribution in [-0.4, -0.2) is 37.6 Å². The fraction of sp³-hybridized carbons (Fsp3) is 0.833. The summed E-state index contributed by atoms with van der Waals surface area (Å²) in [6, 6.07) is 0.147. The molecule has 1 fully saturated rings. The van der Waals surface area contributed by atoms with Gasteiger partial charge in [-0.1, -0.05) is 6.92 Å². The Balaban J connectivity index is 2.26. The zero-order valence-electron chi connectivity index (χ0n) is 10.8. The molecule has 5 heteroatoms. The molecular weight excluding hydrogens is 218 g/mol. The minimum atomic E-state index is -0.374. The first kappa shape index (κ1) is 14.0. The number of piperidine rings is 1. The van der Waals surface area contributed by atoms with Crippen molar-refractivity contribution in [2.45, 2.75) is 45.6 Å². The second-order valence-corrected chi connectivity index (χ2v) is 4.79. The fourth-order valence-corrected chi connectivity index (χ4v) is 2.18. The maximum absolute atomic E-state index is 11.6. The second-order valence-electron chi connectivity index (χ2n) is 4.79. The van der Waals surface area contributed by atoms with E-state index in [0.717, 1.165) is 13.0 Å². The van der Waals surface area contributed by atoms with E-state index in [-0.39, 0.29) is 11.9 Å². The second kappa shape index (κ2) is 7.27. The quantitative estimate of drug-likeness (QED) is 0.633. The number of rotatable bonds is 4. The molecule has 0 aliphatic carbocycles. The Morgan fingerprint density at radius 1 is 1.35 bits per heavy atom. The highest BCUT2D eigenvalue weighted by Crippen LogP contribution is 2.01. The van der Waals surface area contributed by atoms with Crippen LogP contribution in [0.3, 0.4) is 0 Å². The number of hydrogen-bond acceptors (Lipinski definition) is 2. The average Bonchev–Trinajstić information content (AvgIpc) is 2.29. The van der Waals surface area contributed by atoms with Gasteiger partial charge in [-0.2, -0.15) is 0 Å². The standard InChI is InChI=1S/C12H23N3O2/c1-3-7-13-12(17)14-11(16)9-15-8-5-4-6-10(15)2/h10H,3-9H2,1-2H3,(H2,13,14,16,17)/p+1/t10-/m1/s1. The van der Waals surface area contributed by atoms with Crippen molar-refractivity contribution in [2.75, 3.05) is 19.6 Å². The van der Waals surface area contributed by atoms with E-state index in [0.29, 0.717) is 19.1 Å². The number of nitrogens with one attached hydrogen (secondary N) is 3. The zero-order chi connectivity index (χ0) is 12.7. The molecule has 1 unspecified atom stereocenters. The SMILES string of the molecule is CCCNC(=O)NC(=O)C[NH+]1CCCC[C@H]1C. The topological polar surface area (TPSA) is 62.6 Å². The lowest BCUT2D eigenvalue weighted by Gasteiger charge is -2.29. The molecule has 0 bridgehead atoms. The minimum absolute atomic E-state index is 0.178. The maximum Gasteiger partial charge on any atom is 0.321 e. The summed E-state index contributed by atoms with van der Waals surface area (Å²) in [4.78, 5) is 24.2. The molecule has 5 nitrogen and oxygen atoms in total. The Labute approximate surface area is 103 Å². The van der Waals surface area contributed by atoms with Gasteiger partial charge in [0.15, 0.2) is 6.54 Å². The van der Waals surface area contributed by atoms with E-state index in [2.05, 4.69) is 17.6 Å². The maximum atomic E-state index is 11.6. The summed E-state index contributed by atoms with van der Waals surface area (Å²) in [6.07, 6.45) is 4.47. The molecule has 0 radical (unpaired) electrons. The van der Waals surface area contributed by atoms with E-state index in [1.807, 2.05) is 6.92 Å². The van der Waals surface area contributed by atoms with Gasteiger partial charge >= 0.3 is 6.03 Å². The van der Waals surface area contributed by atoms with Gasteiger partial charge in [-0.15, -0.1) is 0 Å². The van der Waals surface area contributed by atoms with Crippen LogP contribution in [-0.2, 0) is 4.79 Å². The molecule has 1 rings (SSSR count). The number of carbonyl (C=O) groups excluding carboxylic acids is 2. The highest BCUT2D eigenvalue weighted by Gasteiger charge is 2.24. The lowest BCUT2D eigenvalue weighted by atomic mass is 10.0. The first-order valence-electron chi connectivity index (χ1n) is 6.55. The highest BCUT2D eigenvalue weighted by molar-refractivity contribution is 5.94. The van der Waals surface area contributed by atoms with E-state index in [1.54, 1.807) is 0 Å². The van der Waals surface area contributed by atoms with Crippen LogP contribution in [0.5, 0.6) is 0 Å². The van der Waals surface area contributed by atoms with Gasteiger partial charge in [-0.05, 0) is 32.6 Å². The Morgan fingerprint density at radius 2 is 2.12 bits per heavy atom. The van der Waals surface area contributed by atoms with Gasteiger partial charge in [-0.3, -0.25) is 10.1 Å². The number of quaternary nitrogens is 1. The van der Waals surface area contributed by atoms with Crippen LogP contribution in [0.1, 0.15) is 39.5 Å². The lowest BCUT2D eigenvalue weighted by Crippen LogP contribution is -3.17. The fourth-order valence-electron chi connectivity index (χ4n) is 2.18. The Hall–Kier alpha value is -1.10. The van der Waals surface area contributed by atoms with Crippen LogP contribution < -0.4 is 15.5 Å². The van der Waals surface area contributed by atoms with Crippen molar-refractivity contribution in [1.82, 2.24) is 10.6 Å². The Kier molecular flexibility index (Phi) is 5.97. The predicted molar refractivity (Wildman–Crippen MR) is 65.8 cm³/mol. The molecular formula is C12H24N3O2+. The molecule has 98 valence electrons. The monoisotopic (exact) mass is 242 g/mol. The first-order chi connectivity index (χ1) is 8.13. The van der Waals surface area contributed by atoms with Crippen LogP contribution in [0.15, 0.2) is 0 Å². The molecule has 3 N–H and O–H groups in total. The van der Waals surface area contributed by atoms with Crippen LogP contribution in [0, 0.1) is 0 Å². The minimum Gasteiger partial charge on any atom is -0.338 e. The van der Waals surface area contributed by atoms with Gasteiger partial charge in [0, 0.05) is 6.54 Å². The largest absolute Gasteiger partial charge is 0.338 e. The van der Waals surface area contributed by atoms with E-state index in [9.17, 15) is 9.59 Å². The van der Waals surface area contributed by atoms with E-state index in [4.69, 9.17) is 0 Å². The van der Waals surface area contributed by atoms with Crippen molar-refractivity contribution in [2.24, 2.45) is 0 Å². The van der Waals surface area contributed by atoms with Crippen LogP contribution in [0.2, 0.25) is 0 Å². The van der Waals surface area contributed by atoms with Crippen LogP contribution in [0.4, 0.5) is 4.79 Å². The summed E-state index contributed by atoms with van der Waals surface area (Å²) >= 11 is 0. The number of urea groups is 1. The molecule has 17 heavy (non-hydrogen) atoms. The zero-order valence-corrected chi connectivity index (χ0v) is 10.8. The molecule has 1 heterocycles. The van der Waals surface area contributed by atoms with E-state index in [1.165, 1.54) is 24.2 Å². The van der Waals surface area contributed by atoms with E-state index >= 15 is 0 Å². The van der Waals surface area contributed by atoms with Gasteiger partial charge < -0.3 is 10.2 Å². The number of hydrogen-bond donors (Lipinski definition) is 3. The van der Waals surface area contributed by atoms with E-state index < -0.39 is 0 Å². The third-order valence-corrected chi connectivity index (χ3v) is 3.26. The predicted octanol–water partition coefficient (Wildman–Crippen LogP) is -0.320. The molecule has 0 spiro atoms. The van der Waals surface area contributed by atoms with Crippen LogP contribution >= 0.6 is 0 Å². The van der Waals surface area contributed by atoms with Gasteiger partial charge in [0.05, 0.1) is 12.6 Å². The molecule has 1 aliphatic heterocycles. The molecule has 2 atom stereocenters. The normalized spacial score (nSPS) is 24.1. The summed E-state index contributed by atoms with van der Waals surface area (Å²) in [5, 5.41) is 5.00. The third kappa shape index (κ3) is 5.17. The Bertz CT molecular complexity index is 268. The molecule has 0 aromatic carbocycles. The molecule has 1 saturated heterocycles. The van der Waals surface area contributed by atoms with Crippen molar-refractivity contribution < 1.29 is 14.5 Å². The van der Waals surface area contributed by atoms with Gasteiger partial charge in [0.25, 0.3) is 5.91 Å². The Morgan fingerprint density at radius 3 is 2.76 bits per heavy atom. The van der Waals surface area contributed by atoms with Gasteiger partial charge in [0.2, 0.25) is 0 Å². The lowest BCUT2D eigenvalue weighted by molar-refractivity contribution is -0.920. The van der Waals surface area contributed by atoms with Crippen molar-refractivity contribution in [3.63, 3.8) is 0 Å². The van der Waals surface area contributed by atoms with Crippen molar-refractivity contribution in [1.29, 1.82) is 0 Å². The molecule has 1 aliphatic rings. The average molecular weight is 242 g/mol. The number of carbonyl (C=O) groups is 2. The first-order valence-corrected chi connectivity index (χ1v) is 6.55. The summed E-state index contributed by atoms with van der Waals surface area (Å²) in [6.45, 7) is 6.18. The van der Waals surface area contributed by atoms with Crippen molar-refractivity contribution >= 4 is 11.9 Å². The third-order valence-electron chi connectivity index (χ3n) is 3.26. The summed E-state index contributed by atoms with van der Waals surface area (Å²) in [7, 11) is 0. The number of imide groups is 1. The molecule has 0 aromatic rings.